The van der Waals surface area contributed by atoms with Crippen LogP contribution in [0.5, 0.6) is 0 Å². The van der Waals surface area contributed by atoms with Crippen molar-refractivity contribution in [2.24, 2.45) is 0 Å². The first kappa shape index (κ1) is 21.3. The monoisotopic (exact) mass is 492 g/mol. The Labute approximate surface area is 176 Å². The van der Waals surface area contributed by atoms with Crippen molar-refractivity contribution in [1.82, 2.24) is 9.88 Å². The maximum Gasteiger partial charge on any atom is 0.416 e. The Hall–Kier alpha value is -2.40. The first-order chi connectivity index (χ1) is 13.6. The second kappa shape index (κ2) is 8.15. The van der Waals surface area contributed by atoms with E-state index in [1.165, 1.54) is 11.1 Å². The molecule has 0 bridgehead atoms. The number of alkyl halides is 3. The summed E-state index contributed by atoms with van der Waals surface area (Å²) in [7, 11) is 0. The summed E-state index contributed by atoms with van der Waals surface area (Å²) in [5.41, 5.74) is -1.41. The van der Waals surface area contributed by atoms with E-state index in [0.29, 0.717) is 10.5 Å². The lowest BCUT2D eigenvalue weighted by atomic mass is 10.1. The number of halogens is 5. The number of nitro groups is 1. The van der Waals surface area contributed by atoms with Gasteiger partial charge in [-0.1, -0.05) is 11.6 Å². The van der Waals surface area contributed by atoms with Crippen molar-refractivity contribution in [2.75, 3.05) is 31.1 Å². The Balaban J connectivity index is 1.78. The van der Waals surface area contributed by atoms with Crippen molar-refractivity contribution in [1.29, 1.82) is 0 Å². The zero-order chi connectivity index (χ0) is 21.3. The van der Waals surface area contributed by atoms with Crippen LogP contribution in [0.15, 0.2) is 34.9 Å². The Bertz CT molecular complexity index is 965. The van der Waals surface area contributed by atoms with Gasteiger partial charge in [0.05, 0.1) is 16.1 Å². The largest absolute Gasteiger partial charge is 0.416 e. The molecule has 2 heterocycles. The quantitative estimate of drug-likeness (QED) is 0.360. The highest BCUT2D eigenvalue weighted by Gasteiger charge is 2.34. The third-order valence-electron chi connectivity index (χ3n) is 4.44. The van der Waals surface area contributed by atoms with Gasteiger partial charge in [0.25, 0.3) is 11.6 Å². The second-order valence-electron chi connectivity index (χ2n) is 6.23. The minimum atomic E-state index is -4.67. The smallest absolute Gasteiger partial charge is 0.362 e. The van der Waals surface area contributed by atoms with Crippen molar-refractivity contribution in [3.05, 3.63) is 61.3 Å². The van der Waals surface area contributed by atoms with Gasteiger partial charge in [0.15, 0.2) is 0 Å². The fourth-order valence-corrected chi connectivity index (χ4v) is 3.52. The number of hydrogen-bond donors (Lipinski definition) is 0. The third-order valence-corrected chi connectivity index (χ3v) is 5.18. The first-order valence-corrected chi connectivity index (χ1v) is 9.46. The van der Waals surface area contributed by atoms with Gasteiger partial charge in [-0.3, -0.25) is 14.9 Å². The van der Waals surface area contributed by atoms with Crippen molar-refractivity contribution < 1.29 is 22.9 Å². The molecule has 12 heteroatoms. The zero-order valence-electron chi connectivity index (χ0n) is 14.6. The Morgan fingerprint density at radius 1 is 1.21 bits per heavy atom. The lowest BCUT2D eigenvalue weighted by molar-refractivity contribution is -0.384. The van der Waals surface area contributed by atoms with Gasteiger partial charge >= 0.3 is 6.18 Å². The molecule has 154 valence electrons. The Kier molecular flexibility index (Phi) is 5.99. The van der Waals surface area contributed by atoms with Crippen LogP contribution in [0.2, 0.25) is 5.15 Å². The summed E-state index contributed by atoms with van der Waals surface area (Å²) in [6.45, 7) is 0.883. The molecule has 7 nitrogen and oxygen atoms in total. The number of rotatable bonds is 3. The van der Waals surface area contributed by atoms with Gasteiger partial charge in [-0.15, -0.1) is 0 Å². The van der Waals surface area contributed by atoms with Crippen LogP contribution < -0.4 is 4.90 Å². The highest BCUT2D eigenvalue weighted by Crippen LogP contribution is 2.36. The van der Waals surface area contributed by atoms with Crippen LogP contribution in [0.3, 0.4) is 0 Å². The van der Waals surface area contributed by atoms with Gasteiger partial charge in [-0.05, 0) is 34.1 Å². The number of nitro benzene ring substituents is 1. The number of carbonyl (C=O) groups is 1. The van der Waals surface area contributed by atoms with Crippen LogP contribution in [0.4, 0.5) is 24.5 Å². The van der Waals surface area contributed by atoms with Gasteiger partial charge in [-0.25, -0.2) is 4.98 Å². The molecule has 29 heavy (non-hydrogen) atoms. The topological polar surface area (TPSA) is 79.6 Å². The first-order valence-electron chi connectivity index (χ1n) is 8.29. The van der Waals surface area contributed by atoms with E-state index in [9.17, 15) is 28.1 Å². The molecule has 0 saturated carbocycles. The average molecular weight is 494 g/mol. The van der Waals surface area contributed by atoms with Crippen LogP contribution >= 0.6 is 27.5 Å². The molecule has 1 fully saturated rings. The van der Waals surface area contributed by atoms with Crippen LogP contribution in [-0.4, -0.2) is 46.9 Å². The number of anilines is 1. The molecule has 0 aliphatic carbocycles. The number of nitrogens with zero attached hydrogens (tertiary/aromatic N) is 4. The normalized spacial score (nSPS) is 14.8. The van der Waals surface area contributed by atoms with Crippen molar-refractivity contribution in [2.45, 2.75) is 6.18 Å². The van der Waals surface area contributed by atoms with Crippen molar-refractivity contribution in [3.63, 3.8) is 0 Å². The van der Waals surface area contributed by atoms with Crippen LogP contribution in [0.25, 0.3) is 0 Å². The van der Waals surface area contributed by atoms with Crippen LogP contribution in [0, 0.1) is 10.1 Å². The summed E-state index contributed by atoms with van der Waals surface area (Å²) in [6.07, 6.45) is -3.22. The predicted molar refractivity (Wildman–Crippen MR) is 103 cm³/mol. The van der Waals surface area contributed by atoms with E-state index >= 15 is 0 Å². The summed E-state index contributed by atoms with van der Waals surface area (Å²) >= 11 is 9.21. The molecule has 3 rings (SSSR count). The number of amides is 1. The van der Waals surface area contributed by atoms with Gasteiger partial charge in [-0.2, -0.15) is 13.2 Å². The second-order valence-corrected chi connectivity index (χ2v) is 7.50. The minimum absolute atomic E-state index is 0.0546. The van der Waals surface area contributed by atoms with Crippen molar-refractivity contribution >= 4 is 44.8 Å². The van der Waals surface area contributed by atoms with Gasteiger partial charge < -0.3 is 9.80 Å². The molecule has 1 aromatic heterocycles. The number of pyridine rings is 1. The summed E-state index contributed by atoms with van der Waals surface area (Å²) in [6, 6.07) is 3.98. The Morgan fingerprint density at radius 3 is 2.45 bits per heavy atom. The summed E-state index contributed by atoms with van der Waals surface area (Å²) in [5.74, 6) is -0.342. The molecule has 0 spiro atoms. The lowest BCUT2D eigenvalue weighted by Gasteiger charge is -2.36. The molecular formula is C17H13BrClF3N4O3. The highest BCUT2D eigenvalue weighted by atomic mass is 79.9. The lowest BCUT2D eigenvalue weighted by Crippen LogP contribution is -2.49. The third kappa shape index (κ3) is 4.61. The molecular weight excluding hydrogens is 481 g/mol. The standard InChI is InChI=1S/C17H13BrClF3N4O3/c18-11-8-12(15(19)23-9-11)16(27)25-5-3-24(4-6-25)13-2-1-10(17(20,21)22)7-14(13)26(28)29/h1-2,7-9H,3-6H2. The maximum absolute atomic E-state index is 12.9. The van der Waals surface area contributed by atoms with E-state index in [1.807, 2.05) is 0 Å². The fourth-order valence-electron chi connectivity index (χ4n) is 3.01. The highest BCUT2D eigenvalue weighted by molar-refractivity contribution is 9.10. The molecule has 1 aromatic carbocycles. The van der Waals surface area contributed by atoms with E-state index in [0.717, 1.165) is 12.1 Å². The Morgan fingerprint density at radius 2 is 1.86 bits per heavy atom. The van der Waals surface area contributed by atoms with Crippen molar-refractivity contribution in [3.8, 4) is 0 Å². The van der Waals surface area contributed by atoms with E-state index in [4.69, 9.17) is 11.6 Å². The van der Waals surface area contributed by atoms with E-state index in [2.05, 4.69) is 20.9 Å². The molecule has 0 N–H and O–H groups in total. The van der Waals surface area contributed by atoms with Gasteiger partial charge in [0.1, 0.15) is 10.8 Å². The number of piperazine rings is 1. The molecule has 2 aromatic rings. The van der Waals surface area contributed by atoms with Gasteiger partial charge in [0.2, 0.25) is 0 Å². The average Bonchev–Trinajstić information content (AvgIpc) is 2.68. The van der Waals surface area contributed by atoms with E-state index in [1.54, 1.807) is 11.0 Å². The summed E-state index contributed by atoms with van der Waals surface area (Å²) < 4.78 is 39.2. The molecule has 0 atom stereocenters. The number of hydrogen-bond acceptors (Lipinski definition) is 5. The van der Waals surface area contributed by atoms with E-state index in [-0.39, 0.29) is 48.5 Å². The predicted octanol–water partition coefficient (Wildman–Crippen LogP) is 4.39. The summed E-state index contributed by atoms with van der Waals surface area (Å²) in [5, 5.41) is 11.3. The van der Waals surface area contributed by atoms with Crippen LogP contribution in [-0.2, 0) is 6.18 Å². The molecule has 0 unspecified atom stereocenters. The minimum Gasteiger partial charge on any atom is -0.362 e. The molecule has 1 aliphatic heterocycles. The molecule has 0 radical (unpaired) electrons. The summed E-state index contributed by atoms with van der Waals surface area (Å²) in [4.78, 5) is 30.1. The fraction of sp³-hybridized carbons (Fsp3) is 0.294. The maximum atomic E-state index is 12.9. The number of benzene rings is 1. The van der Waals surface area contributed by atoms with Gasteiger partial charge in [0, 0.05) is 42.9 Å². The molecule has 1 aliphatic rings. The number of aromatic nitrogens is 1. The van der Waals surface area contributed by atoms with E-state index < -0.39 is 22.4 Å². The molecule has 1 amide bonds. The SMILES string of the molecule is O=C(c1cc(Br)cnc1Cl)N1CCN(c2ccc(C(F)(F)F)cc2[N+](=O)[O-])CC1. The van der Waals surface area contributed by atoms with Crippen LogP contribution in [0.1, 0.15) is 15.9 Å². The molecule has 1 saturated heterocycles. The zero-order valence-corrected chi connectivity index (χ0v) is 17.0. The number of carbonyl (C=O) groups excluding carboxylic acids is 1.